The average molecular weight is 375 g/mol. The third-order valence-electron chi connectivity index (χ3n) is 5.38. The smallest absolute Gasteiger partial charge is 0.326 e. The fourth-order valence-electron chi connectivity index (χ4n) is 3.72. The molecule has 0 aromatic heterocycles. The zero-order chi connectivity index (χ0) is 18.9. The third kappa shape index (κ3) is 3.98. The number of hydrogen-bond acceptors (Lipinski definition) is 5. The van der Waals surface area contributed by atoms with Crippen molar-refractivity contribution < 1.29 is 23.1 Å². The Balaban J connectivity index is 1.97. The molecule has 2 atom stereocenters. The predicted molar refractivity (Wildman–Crippen MR) is 93.3 cm³/mol. The molecule has 0 unspecified atom stereocenters. The Morgan fingerprint density at radius 3 is 2.04 bits per heavy atom. The molecule has 2 saturated heterocycles. The lowest BCUT2D eigenvalue weighted by Gasteiger charge is -2.42. The van der Waals surface area contributed by atoms with Gasteiger partial charge in [0.2, 0.25) is 15.9 Å². The predicted octanol–water partition coefficient (Wildman–Crippen LogP) is 0.257. The number of carboxylic acids is 1. The summed E-state index contributed by atoms with van der Waals surface area (Å²) in [5, 5.41) is 8.90. The Morgan fingerprint density at radius 2 is 1.68 bits per heavy atom. The van der Waals surface area contributed by atoms with Crippen LogP contribution in [0.15, 0.2) is 0 Å². The highest BCUT2D eigenvalue weighted by atomic mass is 32.2. The number of carbonyl (C=O) groups is 2. The highest BCUT2D eigenvalue weighted by Crippen LogP contribution is 2.28. The Labute approximate surface area is 149 Å². The molecule has 1 amide bonds. The molecule has 0 saturated carbocycles. The summed E-state index contributed by atoms with van der Waals surface area (Å²) in [5.74, 6) is -1.74. The first-order valence-electron chi connectivity index (χ1n) is 8.76. The van der Waals surface area contributed by atoms with E-state index in [-0.39, 0.29) is 17.7 Å². The van der Waals surface area contributed by atoms with Gasteiger partial charge in [-0.2, -0.15) is 0 Å². The summed E-state index contributed by atoms with van der Waals surface area (Å²) in [5.41, 5.74) is 0. The van der Waals surface area contributed by atoms with Gasteiger partial charge in [-0.25, -0.2) is 17.5 Å². The van der Waals surface area contributed by atoms with Crippen LogP contribution >= 0.6 is 0 Å². The second-order valence-corrected chi connectivity index (χ2v) is 9.51. The van der Waals surface area contributed by atoms with Crippen molar-refractivity contribution in [3.8, 4) is 0 Å². The van der Waals surface area contributed by atoms with Crippen molar-refractivity contribution in [2.24, 2.45) is 11.8 Å². The summed E-state index contributed by atoms with van der Waals surface area (Å²) in [6, 6.07) is -0.863. The maximum atomic E-state index is 12.6. The van der Waals surface area contributed by atoms with Crippen LogP contribution in [0.25, 0.3) is 0 Å². The lowest BCUT2D eigenvalue weighted by Crippen LogP contribution is -2.56. The van der Waals surface area contributed by atoms with Crippen LogP contribution < -0.4 is 0 Å². The standard InChI is InChI=1S/C16H29N3O5S/c1-11(2)14(16(21)22)18(4)15(20)12-5-9-19(10-6-12)25(23,24)13-7-8-17(13)3/h11-14H,5-10H2,1-4H3,(H,21,22)/t13-,14+/m1/s1. The zero-order valence-corrected chi connectivity index (χ0v) is 16.2. The molecule has 2 aliphatic heterocycles. The lowest BCUT2D eigenvalue weighted by molar-refractivity contribution is -0.153. The van der Waals surface area contributed by atoms with Crippen molar-refractivity contribution in [2.45, 2.75) is 44.5 Å². The van der Waals surface area contributed by atoms with Crippen molar-refractivity contribution in [1.82, 2.24) is 14.1 Å². The third-order valence-corrected chi connectivity index (χ3v) is 7.74. The summed E-state index contributed by atoms with van der Waals surface area (Å²) >= 11 is 0. The van der Waals surface area contributed by atoms with Crippen LogP contribution in [-0.2, 0) is 19.6 Å². The van der Waals surface area contributed by atoms with Gasteiger partial charge in [-0.05, 0) is 32.2 Å². The topological polar surface area (TPSA) is 98.2 Å². The SMILES string of the molecule is CC(C)[C@@H](C(=O)O)N(C)C(=O)C1CCN(S(=O)(=O)[C@@H]2CCN2C)CC1. The maximum absolute atomic E-state index is 12.6. The molecular formula is C16H29N3O5S. The Kier molecular flexibility index (Phi) is 6.11. The van der Waals surface area contributed by atoms with E-state index in [9.17, 15) is 23.1 Å². The van der Waals surface area contributed by atoms with E-state index < -0.39 is 27.4 Å². The molecule has 0 spiro atoms. The van der Waals surface area contributed by atoms with Crippen LogP contribution in [0.2, 0.25) is 0 Å². The maximum Gasteiger partial charge on any atom is 0.326 e. The minimum absolute atomic E-state index is 0.193. The van der Waals surface area contributed by atoms with Gasteiger partial charge in [0.05, 0.1) is 0 Å². The largest absolute Gasteiger partial charge is 0.480 e. The number of aliphatic carboxylic acids is 1. The highest BCUT2D eigenvalue weighted by Gasteiger charge is 2.42. The number of likely N-dealkylation sites (N-methyl/N-ethyl adjacent to an activating group) is 1. The molecule has 0 aliphatic carbocycles. The summed E-state index contributed by atoms with van der Waals surface area (Å²) in [6.07, 6.45) is 1.52. The van der Waals surface area contributed by atoms with Gasteiger partial charge in [-0.3, -0.25) is 9.69 Å². The van der Waals surface area contributed by atoms with Crippen molar-refractivity contribution in [3.63, 3.8) is 0 Å². The number of carboxylic acid groups (broad SMARTS) is 1. The number of sulfonamides is 1. The molecule has 1 N–H and O–H groups in total. The van der Waals surface area contributed by atoms with Gasteiger partial charge in [0.25, 0.3) is 0 Å². The molecule has 2 heterocycles. The van der Waals surface area contributed by atoms with E-state index in [0.717, 1.165) is 6.54 Å². The van der Waals surface area contributed by atoms with Gasteiger partial charge in [-0.1, -0.05) is 13.8 Å². The van der Waals surface area contributed by atoms with Crippen LogP contribution in [0.4, 0.5) is 0 Å². The fourth-order valence-corrected chi connectivity index (χ4v) is 5.75. The summed E-state index contributed by atoms with van der Waals surface area (Å²) in [6.45, 7) is 4.96. The quantitative estimate of drug-likeness (QED) is 0.715. The number of likely N-dealkylation sites (tertiary alicyclic amines) is 1. The van der Waals surface area contributed by atoms with Crippen LogP contribution in [-0.4, -0.2) is 84.7 Å². The van der Waals surface area contributed by atoms with Gasteiger partial charge in [0, 0.05) is 32.6 Å². The molecule has 0 aromatic rings. The minimum atomic E-state index is -3.35. The second kappa shape index (κ2) is 7.59. The first kappa shape index (κ1) is 20.1. The van der Waals surface area contributed by atoms with Crippen LogP contribution in [0.1, 0.15) is 33.1 Å². The molecule has 2 rings (SSSR count). The number of nitrogens with zero attached hydrogens (tertiary/aromatic N) is 3. The van der Waals surface area contributed by atoms with Crippen molar-refractivity contribution in [3.05, 3.63) is 0 Å². The van der Waals surface area contributed by atoms with E-state index in [4.69, 9.17) is 0 Å². The summed E-state index contributed by atoms with van der Waals surface area (Å²) in [4.78, 5) is 27.2. The molecule has 8 nitrogen and oxygen atoms in total. The average Bonchev–Trinajstić information content (AvgIpc) is 2.51. The van der Waals surface area contributed by atoms with Gasteiger partial charge in [0.15, 0.2) is 0 Å². The Hall–Kier alpha value is -1.19. The zero-order valence-electron chi connectivity index (χ0n) is 15.4. The van der Waals surface area contributed by atoms with Crippen molar-refractivity contribution >= 4 is 21.9 Å². The van der Waals surface area contributed by atoms with Crippen molar-refractivity contribution in [2.75, 3.05) is 33.7 Å². The van der Waals surface area contributed by atoms with E-state index in [2.05, 4.69) is 0 Å². The molecule has 2 fully saturated rings. The molecular weight excluding hydrogens is 346 g/mol. The number of piperidine rings is 1. The van der Waals surface area contributed by atoms with E-state index in [1.165, 1.54) is 16.3 Å². The Morgan fingerprint density at radius 1 is 1.12 bits per heavy atom. The molecule has 0 bridgehead atoms. The van der Waals surface area contributed by atoms with E-state index in [1.807, 2.05) is 4.90 Å². The molecule has 144 valence electrons. The lowest BCUT2D eigenvalue weighted by atomic mass is 9.94. The second-order valence-electron chi connectivity index (χ2n) is 7.42. The van der Waals surface area contributed by atoms with Gasteiger partial charge < -0.3 is 10.0 Å². The van der Waals surface area contributed by atoms with Gasteiger partial charge in [-0.15, -0.1) is 0 Å². The number of rotatable bonds is 6. The van der Waals surface area contributed by atoms with Crippen molar-refractivity contribution in [1.29, 1.82) is 0 Å². The number of amides is 1. The minimum Gasteiger partial charge on any atom is -0.480 e. The molecule has 9 heteroatoms. The first-order valence-corrected chi connectivity index (χ1v) is 10.3. The van der Waals surface area contributed by atoms with Crippen LogP contribution in [0, 0.1) is 11.8 Å². The van der Waals surface area contributed by atoms with Crippen LogP contribution in [0.3, 0.4) is 0 Å². The van der Waals surface area contributed by atoms with E-state index in [1.54, 1.807) is 20.9 Å². The summed E-state index contributed by atoms with van der Waals surface area (Å²) < 4.78 is 26.7. The highest BCUT2D eigenvalue weighted by molar-refractivity contribution is 7.89. The first-order chi connectivity index (χ1) is 11.6. The Bertz CT molecular complexity index is 613. The van der Waals surface area contributed by atoms with Crippen LogP contribution in [0.5, 0.6) is 0 Å². The normalized spacial score (nSPS) is 24.8. The van der Waals surface area contributed by atoms with E-state index >= 15 is 0 Å². The molecule has 2 aliphatic rings. The number of hydrogen-bond donors (Lipinski definition) is 1. The fraction of sp³-hybridized carbons (Fsp3) is 0.875. The molecule has 25 heavy (non-hydrogen) atoms. The van der Waals surface area contributed by atoms with Gasteiger partial charge in [0.1, 0.15) is 11.4 Å². The van der Waals surface area contributed by atoms with E-state index in [0.29, 0.717) is 32.4 Å². The number of carbonyl (C=O) groups excluding carboxylic acids is 1. The summed E-state index contributed by atoms with van der Waals surface area (Å²) in [7, 11) is -0.0249. The van der Waals surface area contributed by atoms with Gasteiger partial charge >= 0.3 is 5.97 Å². The monoisotopic (exact) mass is 375 g/mol. The molecule has 0 radical (unpaired) electrons. The molecule has 0 aromatic carbocycles.